The number of amides is 1. The Morgan fingerprint density at radius 2 is 2.09 bits per heavy atom. The molecule has 2 rings (SSSR count). The van der Waals surface area contributed by atoms with Gasteiger partial charge in [0.15, 0.2) is 0 Å². The van der Waals surface area contributed by atoms with E-state index in [1.165, 1.54) is 0 Å². The molecule has 1 aliphatic rings. The van der Waals surface area contributed by atoms with Crippen LogP contribution in [-0.4, -0.2) is 30.5 Å². The zero-order valence-corrected chi connectivity index (χ0v) is 13.9. The Morgan fingerprint density at radius 3 is 2.74 bits per heavy atom. The summed E-state index contributed by atoms with van der Waals surface area (Å²) in [4.78, 5) is 23.1. The van der Waals surface area contributed by atoms with Crippen molar-refractivity contribution in [2.45, 2.75) is 51.7 Å². The third kappa shape index (κ3) is 5.47. The van der Waals surface area contributed by atoms with Gasteiger partial charge in [-0.25, -0.2) is 9.59 Å². The maximum atomic E-state index is 11.7. The van der Waals surface area contributed by atoms with Gasteiger partial charge in [0.2, 0.25) is 0 Å². The summed E-state index contributed by atoms with van der Waals surface area (Å²) in [5, 5.41) is 2.80. The number of nitrogens with one attached hydrogen (secondary N) is 1. The van der Waals surface area contributed by atoms with E-state index >= 15 is 0 Å². The molecule has 1 aromatic carbocycles. The van der Waals surface area contributed by atoms with Crippen molar-refractivity contribution in [2.24, 2.45) is 0 Å². The average molecular weight is 323 g/mol. The van der Waals surface area contributed by atoms with Crippen molar-refractivity contribution >= 4 is 12.2 Å². The first kappa shape index (κ1) is 17.1. The number of hydrogen-bond donors (Lipinski definition) is 1. The van der Waals surface area contributed by atoms with Crippen LogP contribution in [0.4, 0.5) is 9.59 Å². The van der Waals surface area contributed by atoms with Crippen LogP contribution in [0.2, 0.25) is 0 Å². The molecule has 0 saturated heterocycles. The summed E-state index contributed by atoms with van der Waals surface area (Å²) in [6, 6.07) is 7.31. The molecule has 1 aromatic rings. The van der Waals surface area contributed by atoms with Gasteiger partial charge in [-0.2, -0.15) is 0 Å². The zero-order valence-electron chi connectivity index (χ0n) is 13.9. The molecule has 0 aromatic heterocycles. The van der Waals surface area contributed by atoms with Crippen LogP contribution < -0.4 is 10.1 Å². The van der Waals surface area contributed by atoms with Crippen LogP contribution in [0.25, 0.3) is 0 Å². The quantitative estimate of drug-likeness (QED) is 0.673. The van der Waals surface area contributed by atoms with Crippen LogP contribution >= 0.6 is 0 Å². The lowest BCUT2D eigenvalue weighted by Crippen LogP contribution is -2.27. The molecule has 2 atom stereocenters. The number of alkyl carbamates (subject to hydrolysis) is 1. The van der Waals surface area contributed by atoms with Crippen LogP contribution in [0.1, 0.15) is 47.0 Å². The van der Waals surface area contributed by atoms with Crippen LogP contribution in [0, 0.1) is 0 Å². The maximum absolute atomic E-state index is 11.7. The lowest BCUT2D eigenvalue weighted by Gasteiger charge is -2.18. The SMILES string of the molecule is CCOC(=O)N[C@@H]1C[C@H]1c1cccc(OC(=O)OC(C)(C)C)c1.[HH]. The van der Waals surface area contributed by atoms with Gasteiger partial charge in [-0.05, 0) is 51.8 Å². The Morgan fingerprint density at radius 1 is 1.35 bits per heavy atom. The molecule has 0 spiro atoms. The molecule has 0 heterocycles. The van der Waals surface area contributed by atoms with E-state index in [0.717, 1.165) is 12.0 Å². The normalized spacial score (nSPS) is 19.7. The molecule has 0 radical (unpaired) electrons. The van der Waals surface area contributed by atoms with Crippen LogP contribution in [0.3, 0.4) is 0 Å². The van der Waals surface area contributed by atoms with Gasteiger partial charge in [-0.15, -0.1) is 0 Å². The second-order valence-electron chi connectivity index (χ2n) is 6.45. The highest BCUT2D eigenvalue weighted by molar-refractivity contribution is 5.68. The average Bonchev–Trinajstić information content (AvgIpc) is 3.16. The molecule has 1 N–H and O–H groups in total. The summed E-state index contributed by atoms with van der Waals surface area (Å²) in [7, 11) is 0. The van der Waals surface area contributed by atoms with E-state index in [4.69, 9.17) is 14.2 Å². The first-order valence-corrected chi connectivity index (χ1v) is 7.72. The van der Waals surface area contributed by atoms with Gasteiger partial charge in [-0.3, -0.25) is 0 Å². The highest BCUT2D eigenvalue weighted by atomic mass is 16.7. The van der Waals surface area contributed by atoms with Crippen molar-refractivity contribution < 1.29 is 25.2 Å². The molecule has 1 aliphatic carbocycles. The standard InChI is InChI=1S/C17H23NO5.H2/c1-5-21-15(19)18-14-10-13(14)11-7-6-8-12(9-11)22-16(20)23-17(2,3)4;/h6-9,13-14H,5,10H2,1-4H3,(H,18,19);1H/t13-,14+;/m0./s1. The Labute approximate surface area is 137 Å². The summed E-state index contributed by atoms with van der Waals surface area (Å²) in [6.45, 7) is 7.45. The number of carbonyl (C=O) groups is 2. The molecule has 128 valence electrons. The van der Waals surface area contributed by atoms with E-state index in [1.807, 2.05) is 12.1 Å². The van der Waals surface area contributed by atoms with Gasteiger partial charge in [-0.1, -0.05) is 12.1 Å². The monoisotopic (exact) mass is 323 g/mol. The van der Waals surface area contributed by atoms with Crippen LogP contribution in [0.5, 0.6) is 5.75 Å². The Hall–Kier alpha value is -2.24. The molecule has 6 nitrogen and oxygen atoms in total. The molecule has 23 heavy (non-hydrogen) atoms. The fraction of sp³-hybridized carbons (Fsp3) is 0.529. The number of benzene rings is 1. The molecule has 1 amide bonds. The second kappa shape index (κ2) is 6.89. The van der Waals surface area contributed by atoms with Crippen molar-refractivity contribution in [3.8, 4) is 5.75 Å². The Bertz CT molecular complexity index is 585. The number of ether oxygens (including phenoxy) is 3. The van der Waals surface area contributed by atoms with E-state index in [9.17, 15) is 9.59 Å². The predicted molar refractivity (Wildman–Crippen MR) is 86.7 cm³/mol. The van der Waals surface area contributed by atoms with Gasteiger partial charge in [0.1, 0.15) is 11.4 Å². The van der Waals surface area contributed by atoms with E-state index in [1.54, 1.807) is 39.8 Å². The summed E-state index contributed by atoms with van der Waals surface area (Å²) >= 11 is 0. The summed E-state index contributed by atoms with van der Waals surface area (Å²) in [6.07, 6.45) is -0.290. The molecular formula is C17H25NO5. The van der Waals surface area contributed by atoms with Crippen molar-refractivity contribution in [3.05, 3.63) is 29.8 Å². The summed E-state index contributed by atoms with van der Waals surface area (Å²) in [5.41, 5.74) is 0.410. The first-order valence-electron chi connectivity index (χ1n) is 7.72. The second-order valence-corrected chi connectivity index (χ2v) is 6.45. The predicted octanol–water partition coefficient (Wildman–Crippen LogP) is 3.85. The highest BCUT2D eigenvalue weighted by Crippen LogP contribution is 2.41. The third-order valence-corrected chi connectivity index (χ3v) is 3.25. The fourth-order valence-corrected chi connectivity index (χ4v) is 2.22. The lowest BCUT2D eigenvalue weighted by molar-refractivity contribution is 0.0206. The van der Waals surface area contributed by atoms with Gasteiger partial charge < -0.3 is 19.5 Å². The highest BCUT2D eigenvalue weighted by Gasteiger charge is 2.40. The van der Waals surface area contributed by atoms with Crippen molar-refractivity contribution in [3.63, 3.8) is 0 Å². The molecule has 0 unspecified atom stereocenters. The van der Waals surface area contributed by atoms with E-state index in [2.05, 4.69) is 5.32 Å². The minimum atomic E-state index is -0.730. The molecular weight excluding hydrogens is 298 g/mol. The topological polar surface area (TPSA) is 73.9 Å². The van der Waals surface area contributed by atoms with E-state index in [-0.39, 0.29) is 13.4 Å². The van der Waals surface area contributed by atoms with Crippen LogP contribution in [-0.2, 0) is 9.47 Å². The van der Waals surface area contributed by atoms with Crippen molar-refractivity contribution in [1.82, 2.24) is 5.32 Å². The Kier molecular flexibility index (Phi) is 5.13. The molecule has 1 fully saturated rings. The first-order chi connectivity index (χ1) is 10.8. The van der Waals surface area contributed by atoms with Gasteiger partial charge in [0.05, 0.1) is 6.61 Å². The minimum Gasteiger partial charge on any atom is -0.450 e. The molecule has 0 aliphatic heterocycles. The van der Waals surface area contributed by atoms with Crippen LogP contribution in [0.15, 0.2) is 24.3 Å². The fourth-order valence-electron chi connectivity index (χ4n) is 2.22. The number of hydrogen-bond acceptors (Lipinski definition) is 5. The maximum Gasteiger partial charge on any atom is 0.514 e. The van der Waals surface area contributed by atoms with E-state index in [0.29, 0.717) is 12.4 Å². The molecule has 0 bridgehead atoms. The van der Waals surface area contributed by atoms with Gasteiger partial charge >= 0.3 is 12.2 Å². The van der Waals surface area contributed by atoms with Gasteiger partial charge in [0, 0.05) is 13.4 Å². The minimum absolute atomic E-state index is 0. The largest absolute Gasteiger partial charge is 0.514 e. The smallest absolute Gasteiger partial charge is 0.450 e. The van der Waals surface area contributed by atoms with E-state index < -0.39 is 17.8 Å². The zero-order chi connectivity index (χ0) is 17.0. The Balaban J connectivity index is 0.00000288. The summed E-state index contributed by atoms with van der Waals surface area (Å²) < 4.78 is 15.2. The lowest BCUT2D eigenvalue weighted by atomic mass is 10.1. The van der Waals surface area contributed by atoms with Crippen molar-refractivity contribution in [1.29, 1.82) is 0 Å². The number of carbonyl (C=O) groups excluding carboxylic acids is 2. The summed E-state index contributed by atoms with van der Waals surface area (Å²) in [5.74, 6) is 0.639. The molecule has 6 heteroatoms. The number of rotatable bonds is 4. The van der Waals surface area contributed by atoms with Gasteiger partial charge in [0.25, 0.3) is 0 Å². The third-order valence-electron chi connectivity index (χ3n) is 3.25. The van der Waals surface area contributed by atoms with Crippen molar-refractivity contribution in [2.75, 3.05) is 6.61 Å². The molecule has 1 saturated carbocycles.